The van der Waals surface area contributed by atoms with E-state index < -0.39 is 0 Å². The van der Waals surface area contributed by atoms with E-state index in [1.54, 1.807) is 6.07 Å². The van der Waals surface area contributed by atoms with Gasteiger partial charge in [0.1, 0.15) is 12.4 Å². The van der Waals surface area contributed by atoms with E-state index in [2.05, 4.69) is 5.32 Å². The van der Waals surface area contributed by atoms with Gasteiger partial charge in [0.2, 0.25) is 5.91 Å². The summed E-state index contributed by atoms with van der Waals surface area (Å²) in [6.07, 6.45) is 1.40. The molecule has 1 heterocycles. The van der Waals surface area contributed by atoms with E-state index in [0.29, 0.717) is 29.6 Å². The van der Waals surface area contributed by atoms with Gasteiger partial charge < -0.3 is 10.1 Å². The number of nitrogens with one attached hydrogen (secondary N) is 1. The minimum atomic E-state index is -0.180. The number of ether oxygens (including phenoxy) is 1. The molecule has 0 saturated carbocycles. The SMILES string of the molecule is O=C(NCCc1cccc(Cl)c1)C1COc2ccc(Cl)cc2C1. The van der Waals surface area contributed by atoms with Crippen molar-refractivity contribution in [1.82, 2.24) is 5.32 Å². The molecule has 2 aromatic rings. The van der Waals surface area contributed by atoms with Crippen molar-refractivity contribution in [2.75, 3.05) is 13.2 Å². The third-order valence-electron chi connectivity index (χ3n) is 3.90. The van der Waals surface area contributed by atoms with E-state index in [1.165, 1.54) is 0 Å². The van der Waals surface area contributed by atoms with Gasteiger partial charge in [0.15, 0.2) is 0 Å². The predicted octanol–water partition coefficient (Wildman–Crippen LogP) is 3.90. The monoisotopic (exact) mass is 349 g/mol. The summed E-state index contributed by atoms with van der Waals surface area (Å²) >= 11 is 12.0. The van der Waals surface area contributed by atoms with Gasteiger partial charge in [-0.15, -0.1) is 0 Å². The Bertz CT molecular complexity index is 718. The standard InChI is InChI=1S/C18H17Cl2NO2/c19-15-3-1-2-12(8-15)6-7-21-18(22)14-9-13-10-16(20)4-5-17(13)23-11-14/h1-5,8,10,14H,6-7,9,11H2,(H,21,22). The summed E-state index contributed by atoms with van der Waals surface area (Å²) in [5, 5.41) is 4.34. The molecule has 5 heteroatoms. The third-order valence-corrected chi connectivity index (χ3v) is 4.37. The van der Waals surface area contributed by atoms with Crippen LogP contribution in [0.1, 0.15) is 11.1 Å². The van der Waals surface area contributed by atoms with E-state index in [1.807, 2.05) is 36.4 Å². The molecular weight excluding hydrogens is 333 g/mol. The first-order valence-electron chi connectivity index (χ1n) is 7.55. The molecule has 3 rings (SSSR count). The normalized spacial score (nSPS) is 16.3. The highest BCUT2D eigenvalue weighted by atomic mass is 35.5. The summed E-state index contributed by atoms with van der Waals surface area (Å²) in [5.41, 5.74) is 2.09. The number of rotatable bonds is 4. The summed E-state index contributed by atoms with van der Waals surface area (Å²) in [5.74, 6) is 0.648. The number of amides is 1. The van der Waals surface area contributed by atoms with Gasteiger partial charge >= 0.3 is 0 Å². The molecule has 1 atom stereocenters. The van der Waals surface area contributed by atoms with E-state index in [9.17, 15) is 4.79 Å². The van der Waals surface area contributed by atoms with Gasteiger partial charge in [-0.3, -0.25) is 4.79 Å². The first-order valence-corrected chi connectivity index (χ1v) is 8.31. The van der Waals surface area contributed by atoms with Gasteiger partial charge in [-0.2, -0.15) is 0 Å². The minimum absolute atomic E-state index is 0.0117. The van der Waals surface area contributed by atoms with Gasteiger partial charge in [0.05, 0.1) is 5.92 Å². The average molecular weight is 350 g/mol. The lowest BCUT2D eigenvalue weighted by Gasteiger charge is -2.24. The van der Waals surface area contributed by atoms with Crippen molar-refractivity contribution in [2.45, 2.75) is 12.8 Å². The summed E-state index contributed by atoms with van der Waals surface area (Å²) in [6.45, 7) is 0.982. The summed E-state index contributed by atoms with van der Waals surface area (Å²) in [4.78, 5) is 12.3. The van der Waals surface area contributed by atoms with Gasteiger partial charge in [0, 0.05) is 16.6 Å². The largest absolute Gasteiger partial charge is 0.492 e. The van der Waals surface area contributed by atoms with Gasteiger partial charge in [-0.05, 0) is 54.3 Å². The molecular formula is C18H17Cl2NO2. The highest BCUT2D eigenvalue weighted by Crippen LogP contribution is 2.29. The molecule has 23 heavy (non-hydrogen) atoms. The quantitative estimate of drug-likeness (QED) is 0.908. The first-order chi connectivity index (χ1) is 11.1. The van der Waals surface area contributed by atoms with Crippen LogP contribution in [0.25, 0.3) is 0 Å². The first kappa shape index (κ1) is 16.2. The zero-order valence-corrected chi connectivity index (χ0v) is 14.0. The molecule has 0 aliphatic carbocycles. The Balaban J connectivity index is 1.53. The fourth-order valence-corrected chi connectivity index (χ4v) is 3.11. The number of carbonyl (C=O) groups is 1. The Morgan fingerprint density at radius 1 is 1.17 bits per heavy atom. The Hall–Kier alpha value is -1.71. The van der Waals surface area contributed by atoms with Crippen molar-refractivity contribution < 1.29 is 9.53 Å². The van der Waals surface area contributed by atoms with Crippen molar-refractivity contribution >= 4 is 29.1 Å². The van der Waals surface area contributed by atoms with Crippen LogP contribution in [0.2, 0.25) is 10.0 Å². The Morgan fingerprint density at radius 2 is 2.00 bits per heavy atom. The topological polar surface area (TPSA) is 38.3 Å². The number of fused-ring (bicyclic) bond motifs is 1. The van der Waals surface area contributed by atoms with Gasteiger partial charge in [-0.1, -0.05) is 35.3 Å². The molecule has 2 aromatic carbocycles. The smallest absolute Gasteiger partial charge is 0.226 e. The van der Waals surface area contributed by atoms with Crippen molar-refractivity contribution in [1.29, 1.82) is 0 Å². The van der Waals surface area contributed by atoms with E-state index in [0.717, 1.165) is 23.3 Å². The fraction of sp³-hybridized carbons (Fsp3) is 0.278. The molecule has 1 unspecified atom stereocenters. The number of halogens is 2. The summed E-state index contributed by atoms with van der Waals surface area (Å²) in [7, 11) is 0. The molecule has 1 N–H and O–H groups in total. The number of carbonyl (C=O) groups excluding carboxylic acids is 1. The fourth-order valence-electron chi connectivity index (χ4n) is 2.70. The van der Waals surface area contributed by atoms with Crippen LogP contribution in [-0.2, 0) is 17.6 Å². The third kappa shape index (κ3) is 4.18. The zero-order chi connectivity index (χ0) is 16.2. The van der Waals surface area contributed by atoms with Gasteiger partial charge in [-0.25, -0.2) is 0 Å². The van der Waals surface area contributed by atoms with Crippen LogP contribution in [0, 0.1) is 5.92 Å². The molecule has 0 saturated heterocycles. The molecule has 3 nitrogen and oxygen atoms in total. The van der Waals surface area contributed by atoms with Crippen LogP contribution in [0.4, 0.5) is 0 Å². The van der Waals surface area contributed by atoms with Crippen LogP contribution in [0.3, 0.4) is 0 Å². The van der Waals surface area contributed by atoms with E-state index >= 15 is 0 Å². The predicted molar refractivity (Wildman–Crippen MR) is 92.3 cm³/mol. The highest BCUT2D eigenvalue weighted by Gasteiger charge is 2.25. The van der Waals surface area contributed by atoms with Crippen LogP contribution < -0.4 is 10.1 Å². The molecule has 1 aliphatic heterocycles. The molecule has 0 radical (unpaired) electrons. The maximum atomic E-state index is 12.3. The summed E-state index contributed by atoms with van der Waals surface area (Å²) in [6, 6.07) is 13.2. The second-order valence-electron chi connectivity index (χ2n) is 5.64. The van der Waals surface area contributed by atoms with Crippen LogP contribution in [0.15, 0.2) is 42.5 Å². The van der Waals surface area contributed by atoms with E-state index in [-0.39, 0.29) is 11.8 Å². The minimum Gasteiger partial charge on any atom is -0.492 e. The number of hydrogen-bond acceptors (Lipinski definition) is 2. The maximum absolute atomic E-state index is 12.3. The Kier molecular flexibility index (Phi) is 5.09. The molecule has 0 aromatic heterocycles. The molecule has 1 aliphatic rings. The van der Waals surface area contributed by atoms with Crippen molar-refractivity contribution in [3.05, 3.63) is 63.6 Å². The van der Waals surface area contributed by atoms with Crippen LogP contribution >= 0.6 is 23.2 Å². The van der Waals surface area contributed by atoms with Crippen molar-refractivity contribution in [3.8, 4) is 5.75 Å². The summed E-state index contributed by atoms with van der Waals surface area (Å²) < 4.78 is 5.66. The van der Waals surface area contributed by atoms with Gasteiger partial charge in [0.25, 0.3) is 0 Å². The number of hydrogen-bond donors (Lipinski definition) is 1. The lowest BCUT2D eigenvalue weighted by atomic mass is 9.96. The van der Waals surface area contributed by atoms with Crippen LogP contribution in [-0.4, -0.2) is 19.1 Å². The second-order valence-corrected chi connectivity index (χ2v) is 6.51. The van der Waals surface area contributed by atoms with E-state index in [4.69, 9.17) is 27.9 Å². The second kappa shape index (κ2) is 7.24. The lowest BCUT2D eigenvalue weighted by Crippen LogP contribution is -2.38. The molecule has 120 valence electrons. The maximum Gasteiger partial charge on any atom is 0.226 e. The van der Waals surface area contributed by atoms with Crippen LogP contribution in [0.5, 0.6) is 5.75 Å². The van der Waals surface area contributed by atoms with Crippen molar-refractivity contribution in [3.63, 3.8) is 0 Å². The lowest BCUT2D eigenvalue weighted by molar-refractivity contribution is -0.126. The molecule has 1 amide bonds. The molecule has 0 spiro atoms. The number of benzene rings is 2. The average Bonchev–Trinajstić information content (AvgIpc) is 2.54. The molecule has 0 bridgehead atoms. The Labute approximate surface area is 145 Å². The molecule has 0 fully saturated rings. The highest BCUT2D eigenvalue weighted by molar-refractivity contribution is 6.30. The zero-order valence-electron chi connectivity index (χ0n) is 12.5. The van der Waals surface area contributed by atoms with Crippen molar-refractivity contribution in [2.24, 2.45) is 5.92 Å². The Morgan fingerprint density at radius 3 is 2.83 bits per heavy atom.